The van der Waals surface area contributed by atoms with Gasteiger partial charge in [-0.2, -0.15) is 0 Å². The van der Waals surface area contributed by atoms with Crippen LogP contribution in [0.1, 0.15) is 12.5 Å². The number of hydrogen-bond acceptors (Lipinski definition) is 5. The largest absolute Gasteiger partial charge is 0.497 e. The van der Waals surface area contributed by atoms with Crippen LogP contribution in [0.3, 0.4) is 0 Å². The van der Waals surface area contributed by atoms with Crippen LogP contribution in [0.4, 0.5) is 11.4 Å². The van der Waals surface area contributed by atoms with Crippen molar-refractivity contribution < 1.29 is 14.3 Å². The fourth-order valence-corrected chi connectivity index (χ4v) is 4.20. The van der Waals surface area contributed by atoms with E-state index in [0.29, 0.717) is 22.0 Å². The highest BCUT2D eigenvalue weighted by molar-refractivity contribution is 8.04. The molecule has 2 amide bonds. The van der Waals surface area contributed by atoms with Crippen molar-refractivity contribution in [3.05, 3.63) is 95.0 Å². The van der Waals surface area contributed by atoms with Crippen LogP contribution in [0.5, 0.6) is 5.75 Å². The third-order valence-electron chi connectivity index (χ3n) is 4.97. The number of carbonyl (C=O) groups is 2. The molecule has 1 N–H and O–H groups in total. The fraction of sp³-hybridized carbons (Fsp3) is 0.120. The van der Waals surface area contributed by atoms with Crippen LogP contribution in [0, 0.1) is 0 Å². The summed E-state index contributed by atoms with van der Waals surface area (Å²) in [4.78, 5) is 29.2. The van der Waals surface area contributed by atoms with Gasteiger partial charge in [0.05, 0.1) is 12.8 Å². The minimum Gasteiger partial charge on any atom is -0.497 e. The van der Waals surface area contributed by atoms with Crippen LogP contribution in [-0.2, 0) is 16.0 Å². The molecule has 0 radical (unpaired) electrons. The number of nitrogens with one attached hydrogen (secondary N) is 1. The summed E-state index contributed by atoms with van der Waals surface area (Å²) in [6.07, 6.45) is 0.889. The van der Waals surface area contributed by atoms with E-state index in [1.807, 2.05) is 66.7 Å². The molecule has 1 aliphatic rings. The Morgan fingerprint density at radius 2 is 1.55 bits per heavy atom. The Labute approximate surface area is 185 Å². The third-order valence-corrected chi connectivity index (χ3v) is 6.06. The molecule has 31 heavy (non-hydrogen) atoms. The number of thioether (sulfide) groups is 1. The van der Waals surface area contributed by atoms with Crippen molar-refractivity contribution in [2.75, 3.05) is 17.3 Å². The van der Waals surface area contributed by atoms with Gasteiger partial charge < -0.3 is 10.1 Å². The molecule has 1 aliphatic heterocycles. The number of nitrogens with zero attached hydrogens (tertiary/aromatic N) is 1. The van der Waals surface area contributed by atoms with Gasteiger partial charge in [-0.05, 0) is 60.5 Å². The van der Waals surface area contributed by atoms with E-state index in [4.69, 9.17) is 4.74 Å². The number of methoxy groups -OCH3 is 1. The first-order valence-corrected chi connectivity index (χ1v) is 10.8. The smallest absolute Gasteiger partial charge is 0.283 e. The van der Waals surface area contributed by atoms with Crippen LogP contribution in [0.15, 0.2) is 94.4 Å². The number of imide groups is 1. The Balaban J connectivity index is 1.70. The molecule has 1 heterocycles. The molecule has 4 rings (SSSR count). The molecule has 0 fully saturated rings. The van der Waals surface area contributed by atoms with Gasteiger partial charge in [0.25, 0.3) is 11.8 Å². The monoisotopic (exact) mass is 430 g/mol. The summed E-state index contributed by atoms with van der Waals surface area (Å²) < 4.78 is 5.20. The van der Waals surface area contributed by atoms with E-state index in [1.165, 1.54) is 16.7 Å². The van der Waals surface area contributed by atoms with E-state index < -0.39 is 0 Å². The Morgan fingerprint density at radius 1 is 0.871 bits per heavy atom. The molecule has 0 bridgehead atoms. The predicted molar refractivity (Wildman–Crippen MR) is 124 cm³/mol. The zero-order valence-electron chi connectivity index (χ0n) is 17.3. The summed E-state index contributed by atoms with van der Waals surface area (Å²) in [6, 6.07) is 24.3. The number of amides is 2. The topological polar surface area (TPSA) is 58.6 Å². The average Bonchev–Trinajstić information content (AvgIpc) is 3.04. The SMILES string of the molecule is CCc1ccc(N2C(=O)C(Nc3ccc(OC)cc3)=C(Sc3ccccc3)C2=O)cc1. The molecular formula is C25H22N2O3S. The summed E-state index contributed by atoms with van der Waals surface area (Å²) in [6.45, 7) is 2.06. The normalized spacial score (nSPS) is 13.7. The Hall–Kier alpha value is -3.51. The standard InChI is InChI=1S/C25H22N2O3S/c1-3-17-9-13-19(14-10-17)27-24(28)22(26-18-11-15-20(30-2)16-12-18)23(25(27)29)31-21-7-5-4-6-8-21/h4-16,26H,3H2,1-2H3. The maximum Gasteiger partial charge on any atom is 0.283 e. The van der Waals surface area contributed by atoms with Crippen LogP contribution >= 0.6 is 11.8 Å². The molecule has 0 aromatic heterocycles. The zero-order chi connectivity index (χ0) is 21.8. The van der Waals surface area contributed by atoms with Gasteiger partial charge in [0.2, 0.25) is 0 Å². The molecule has 3 aromatic rings. The molecular weight excluding hydrogens is 408 g/mol. The number of aryl methyl sites for hydroxylation is 1. The van der Waals surface area contributed by atoms with Crippen molar-refractivity contribution in [2.24, 2.45) is 0 Å². The van der Waals surface area contributed by atoms with Gasteiger partial charge in [0.1, 0.15) is 16.4 Å². The molecule has 156 valence electrons. The van der Waals surface area contributed by atoms with Crippen LogP contribution in [0.25, 0.3) is 0 Å². The highest BCUT2D eigenvalue weighted by Crippen LogP contribution is 2.38. The molecule has 0 saturated heterocycles. The van der Waals surface area contributed by atoms with Gasteiger partial charge >= 0.3 is 0 Å². The van der Waals surface area contributed by atoms with Gasteiger partial charge in [-0.15, -0.1) is 0 Å². The van der Waals surface area contributed by atoms with E-state index >= 15 is 0 Å². The van der Waals surface area contributed by atoms with Crippen LogP contribution in [-0.4, -0.2) is 18.9 Å². The second-order valence-electron chi connectivity index (χ2n) is 6.94. The van der Waals surface area contributed by atoms with Crippen molar-refractivity contribution in [3.8, 4) is 5.75 Å². The molecule has 0 atom stereocenters. The van der Waals surface area contributed by atoms with Crippen molar-refractivity contribution in [1.29, 1.82) is 0 Å². The van der Waals surface area contributed by atoms with E-state index in [9.17, 15) is 9.59 Å². The average molecular weight is 431 g/mol. The van der Waals surface area contributed by atoms with Crippen molar-refractivity contribution in [2.45, 2.75) is 18.2 Å². The lowest BCUT2D eigenvalue weighted by Gasteiger charge is -2.15. The van der Waals surface area contributed by atoms with Crippen LogP contribution in [0.2, 0.25) is 0 Å². The lowest BCUT2D eigenvalue weighted by atomic mass is 10.1. The van der Waals surface area contributed by atoms with E-state index in [0.717, 1.165) is 16.9 Å². The molecule has 0 unspecified atom stereocenters. The summed E-state index contributed by atoms with van der Waals surface area (Å²) in [5.74, 6) is 0.00693. The van der Waals surface area contributed by atoms with Crippen molar-refractivity contribution in [3.63, 3.8) is 0 Å². The maximum absolute atomic E-state index is 13.3. The number of ether oxygens (including phenoxy) is 1. The van der Waals surface area contributed by atoms with E-state index in [2.05, 4.69) is 12.2 Å². The summed E-state index contributed by atoms with van der Waals surface area (Å²) >= 11 is 1.28. The zero-order valence-corrected chi connectivity index (χ0v) is 18.1. The Bertz CT molecular complexity index is 1120. The minimum absolute atomic E-state index is 0.267. The first kappa shape index (κ1) is 20.8. The van der Waals surface area contributed by atoms with Gasteiger partial charge in [-0.1, -0.05) is 49.0 Å². The minimum atomic E-state index is -0.372. The van der Waals surface area contributed by atoms with Crippen molar-refractivity contribution >= 4 is 35.0 Å². The summed E-state index contributed by atoms with van der Waals surface area (Å²) in [7, 11) is 1.60. The maximum atomic E-state index is 13.3. The lowest BCUT2D eigenvalue weighted by Crippen LogP contribution is -2.32. The van der Waals surface area contributed by atoms with E-state index in [1.54, 1.807) is 19.2 Å². The second kappa shape index (κ2) is 9.10. The first-order chi connectivity index (χ1) is 15.1. The lowest BCUT2D eigenvalue weighted by molar-refractivity contribution is -0.120. The quantitative estimate of drug-likeness (QED) is 0.519. The molecule has 3 aromatic carbocycles. The Kier molecular flexibility index (Phi) is 6.09. The number of benzene rings is 3. The molecule has 0 aliphatic carbocycles. The summed E-state index contributed by atoms with van der Waals surface area (Å²) in [5.41, 5.74) is 2.67. The molecule has 0 saturated carbocycles. The van der Waals surface area contributed by atoms with Crippen molar-refractivity contribution in [1.82, 2.24) is 0 Å². The van der Waals surface area contributed by atoms with Gasteiger partial charge in [-0.25, -0.2) is 4.90 Å². The second-order valence-corrected chi connectivity index (χ2v) is 8.02. The number of carbonyl (C=O) groups excluding carboxylic acids is 2. The predicted octanol–water partition coefficient (Wildman–Crippen LogP) is 5.25. The highest BCUT2D eigenvalue weighted by atomic mass is 32.2. The van der Waals surface area contributed by atoms with E-state index in [-0.39, 0.29) is 17.5 Å². The summed E-state index contributed by atoms with van der Waals surface area (Å²) in [5, 5.41) is 3.16. The Morgan fingerprint density at radius 3 is 2.16 bits per heavy atom. The fourth-order valence-electron chi connectivity index (χ4n) is 3.25. The van der Waals surface area contributed by atoms with Gasteiger partial charge in [-0.3, -0.25) is 9.59 Å². The number of anilines is 2. The van der Waals surface area contributed by atoms with Gasteiger partial charge in [0, 0.05) is 10.6 Å². The van der Waals surface area contributed by atoms with Crippen LogP contribution < -0.4 is 15.0 Å². The van der Waals surface area contributed by atoms with Gasteiger partial charge in [0.15, 0.2) is 0 Å². The number of rotatable bonds is 7. The molecule has 5 nitrogen and oxygen atoms in total. The molecule has 0 spiro atoms. The third kappa shape index (κ3) is 4.34. The number of hydrogen-bond donors (Lipinski definition) is 1. The molecule has 6 heteroatoms. The highest BCUT2D eigenvalue weighted by Gasteiger charge is 2.40. The first-order valence-electron chi connectivity index (χ1n) is 9.96.